The Morgan fingerprint density at radius 3 is 2.51 bits per heavy atom. The highest BCUT2D eigenvalue weighted by molar-refractivity contribution is 8.15. The van der Waals surface area contributed by atoms with Gasteiger partial charge in [-0.1, -0.05) is 37.5 Å². The highest BCUT2D eigenvalue weighted by atomic mass is 32.2. The number of thioether (sulfide) groups is 1. The summed E-state index contributed by atoms with van der Waals surface area (Å²) in [5.41, 5.74) is 3.44. The van der Waals surface area contributed by atoms with E-state index in [1.54, 1.807) is 20.8 Å². The Labute approximate surface area is 255 Å². The van der Waals surface area contributed by atoms with Crippen LogP contribution in [-0.2, 0) is 19.8 Å². The summed E-state index contributed by atoms with van der Waals surface area (Å²) in [5.74, 6) is -4.89. The number of hydrogen-bond donors (Lipinski definition) is 1. The van der Waals surface area contributed by atoms with Crippen LogP contribution in [-0.4, -0.2) is 84.4 Å². The molecule has 1 saturated carbocycles. The number of aliphatic imine (C=N–C) groups is 1. The van der Waals surface area contributed by atoms with Gasteiger partial charge in [-0.15, -0.1) is 0 Å². The van der Waals surface area contributed by atoms with Gasteiger partial charge in [0.25, 0.3) is 5.92 Å². The Kier molecular flexibility index (Phi) is 9.09. The van der Waals surface area contributed by atoms with Crippen molar-refractivity contribution in [2.75, 3.05) is 38.8 Å². The van der Waals surface area contributed by atoms with Crippen molar-refractivity contribution in [3.8, 4) is 0 Å². The van der Waals surface area contributed by atoms with Crippen molar-refractivity contribution < 1.29 is 36.6 Å². The third-order valence-electron chi connectivity index (χ3n) is 7.49. The van der Waals surface area contributed by atoms with Crippen molar-refractivity contribution in [3.63, 3.8) is 0 Å². The maximum atomic E-state index is 15.3. The third-order valence-corrected chi connectivity index (χ3v) is 10.7. The first kappa shape index (κ1) is 33.3. The lowest BCUT2D eigenvalue weighted by Crippen LogP contribution is -2.58. The number of benzene rings is 1. The molecule has 8 nitrogen and oxygen atoms in total. The molecule has 2 heterocycles. The predicted octanol–water partition coefficient (Wildman–Crippen LogP) is 6.02. The Morgan fingerprint density at radius 2 is 1.93 bits per heavy atom. The summed E-state index contributed by atoms with van der Waals surface area (Å²) in [4.78, 5) is 33.0. The number of anilines is 1. The van der Waals surface area contributed by atoms with E-state index in [-0.39, 0.29) is 29.6 Å². The van der Waals surface area contributed by atoms with Crippen LogP contribution in [0, 0.1) is 11.7 Å². The van der Waals surface area contributed by atoms with E-state index < -0.39 is 73.4 Å². The fourth-order valence-electron chi connectivity index (χ4n) is 5.06. The lowest BCUT2D eigenvalue weighted by Gasteiger charge is -2.39. The zero-order chi connectivity index (χ0) is 32.0. The number of ether oxygens (including phenoxy) is 2. The van der Waals surface area contributed by atoms with Crippen LogP contribution in [0.4, 0.5) is 28.0 Å². The molecule has 14 heteroatoms. The first-order valence-electron chi connectivity index (χ1n) is 14.1. The molecule has 3 atom stereocenters. The van der Waals surface area contributed by atoms with E-state index in [0.717, 1.165) is 33.7 Å². The molecular weight excluding hydrogens is 604 g/mol. The van der Waals surface area contributed by atoms with Gasteiger partial charge in [0.1, 0.15) is 30.4 Å². The molecule has 2 aliphatic heterocycles. The first-order valence-corrected chi connectivity index (χ1v) is 18.7. The van der Waals surface area contributed by atoms with Crippen molar-refractivity contribution in [1.82, 2.24) is 9.80 Å². The fraction of sp³-hybridized carbons (Fsp3) is 0.621. The van der Waals surface area contributed by atoms with Crippen LogP contribution in [0.3, 0.4) is 0 Å². The molecular formula is C29H40F4N4O4SSi. The second-order valence-corrected chi connectivity index (χ2v) is 20.6. The summed E-state index contributed by atoms with van der Waals surface area (Å²) < 4.78 is 68.0. The predicted molar refractivity (Wildman–Crippen MR) is 162 cm³/mol. The molecule has 0 spiro atoms. The molecule has 1 unspecified atom stereocenters. The van der Waals surface area contributed by atoms with E-state index in [1.165, 1.54) is 24.3 Å². The number of nitrogens with zero attached hydrogens (tertiary/aromatic N) is 3. The van der Waals surface area contributed by atoms with E-state index in [4.69, 9.17) is 20.2 Å². The summed E-state index contributed by atoms with van der Waals surface area (Å²) in [7, 11) is -1.46. The third kappa shape index (κ3) is 7.56. The number of halogens is 4. The second-order valence-electron chi connectivity index (χ2n) is 13.6. The van der Waals surface area contributed by atoms with Crippen LogP contribution in [0.25, 0.3) is 0 Å². The normalized spacial score (nSPS) is 26.4. The molecule has 1 aromatic carbocycles. The summed E-state index contributed by atoms with van der Waals surface area (Å²) in [5, 5.41) is 0.0306. The Hall–Kier alpha value is -2.58. The number of nitrogens with two attached hydrogens (primary N) is 1. The maximum Gasteiger partial charge on any atom is 0.418 e. The summed E-state index contributed by atoms with van der Waals surface area (Å²) >= 11 is 1.11. The zero-order valence-corrected chi connectivity index (χ0v) is 27.2. The summed E-state index contributed by atoms with van der Waals surface area (Å²) in [6.45, 7) is 9.28. The topological polar surface area (TPSA) is 97.5 Å². The van der Waals surface area contributed by atoms with E-state index in [2.05, 4.69) is 19.6 Å². The molecule has 1 saturated heterocycles. The van der Waals surface area contributed by atoms with E-state index in [9.17, 15) is 18.4 Å². The minimum Gasteiger partial charge on any atom is -0.443 e. The molecule has 2 fully saturated rings. The molecule has 1 aliphatic carbocycles. The second kappa shape index (κ2) is 11.7. The van der Waals surface area contributed by atoms with Gasteiger partial charge in [-0.2, -0.15) is 0 Å². The van der Waals surface area contributed by atoms with Crippen molar-refractivity contribution >= 4 is 42.7 Å². The standard InChI is InChI=1S/C29H40F4N4O4SSi/c1-26(2,3)41-25(39)37(18-40-11-12-43(4,5)6)24-35-29(15-30,20-13-19(34)7-8-21(20)31)22-14-27(22,42-24)10-9-23(38)36-16-28(32,33)17-36/h7-10,13,22H,11-12,14-18,34H2,1-6H3/b10-9+/t22?,27-,29+/m0/s1. The monoisotopic (exact) mass is 644 g/mol. The molecule has 1 aromatic rings. The molecule has 0 bridgehead atoms. The average molecular weight is 645 g/mol. The number of alkyl halides is 3. The number of fused-ring (bicyclic) bond motifs is 1. The Morgan fingerprint density at radius 1 is 1.26 bits per heavy atom. The van der Waals surface area contributed by atoms with Gasteiger partial charge in [0.05, 0.1) is 13.1 Å². The maximum absolute atomic E-state index is 15.3. The van der Waals surface area contributed by atoms with Gasteiger partial charge in [0.2, 0.25) is 5.91 Å². The minimum atomic E-state index is -2.93. The number of rotatable bonds is 9. The smallest absolute Gasteiger partial charge is 0.418 e. The molecule has 238 valence electrons. The summed E-state index contributed by atoms with van der Waals surface area (Å²) in [6, 6.07) is 4.64. The minimum absolute atomic E-state index is 0.0306. The van der Waals surface area contributed by atoms with E-state index in [0.29, 0.717) is 6.61 Å². The highest BCUT2D eigenvalue weighted by Gasteiger charge is 2.68. The van der Waals surface area contributed by atoms with Crippen LogP contribution >= 0.6 is 11.8 Å². The number of nitrogen functional groups attached to an aromatic ring is 1. The van der Waals surface area contributed by atoms with Crippen molar-refractivity contribution in [2.24, 2.45) is 10.9 Å². The fourth-order valence-corrected chi connectivity index (χ4v) is 7.33. The number of amidine groups is 1. The van der Waals surface area contributed by atoms with Crippen LogP contribution in [0.2, 0.25) is 25.7 Å². The van der Waals surface area contributed by atoms with Gasteiger partial charge in [-0.05, 0) is 51.4 Å². The molecule has 4 rings (SSSR count). The van der Waals surface area contributed by atoms with E-state index in [1.807, 2.05) is 0 Å². The number of amides is 2. The van der Waals surface area contributed by atoms with Gasteiger partial charge in [-0.3, -0.25) is 4.79 Å². The van der Waals surface area contributed by atoms with Gasteiger partial charge < -0.3 is 20.1 Å². The van der Waals surface area contributed by atoms with Gasteiger partial charge in [-0.25, -0.2) is 32.2 Å². The molecule has 2 amide bonds. The van der Waals surface area contributed by atoms with Gasteiger partial charge in [0, 0.05) is 42.7 Å². The highest BCUT2D eigenvalue weighted by Crippen LogP contribution is 2.67. The van der Waals surface area contributed by atoms with Crippen molar-refractivity contribution in [1.29, 1.82) is 0 Å². The van der Waals surface area contributed by atoms with Crippen LogP contribution < -0.4 is 5.73 Å². The molecule has 2 N–H and O–H groups in total. The van der Waals surface area contributed by atoms with Crippen LogP contribution in [0.15, 0.2) is 35.3 Å². The van der Waals surface area contributed by atoms with Crippen LogP contribution in [0.5, 0.6) is 0 Å². The van der Waals surface area contributed by atoms with Gasteiger partial charge >= 0.3 is 6.09 Å². The lowest BCUT2D eigenvalue weighted by molar-refractivity contribution is -0.160. The molecule has 0 aromatic heterocycles. The average Bonchev–Trinajstić information content (AvgIpc) is 3.60. The van der Waals surface area contributed by atoms with Crippen molar-refractivity contribution in [3.05, 3.63) is 41.7 Å². The summed E-state index contributed by atoms with van der Waals surface area (Å²) in [6.07, 6.45) is 2.21. The zero-order valence-electron chi connectivity index (χ0n) is 25.4. The van der Waals surface area contributed by atoms with Crippen molar-refractivity contribution in [2.45, 2.75) is 74.7 Å². The Balaban J connectivity index is 1.74. The number of carbonyl (C=O) groups is 2. The van der Waals surface area contributed by atoms with Crippen LogP contribution in [0.1, 0.15) is 32.8 Å². The molecule has 43 heavy (non-hydrogen) atoms. The Bertz CT molecular complexity index is 1310. The number of hydrogen-bond acceptors (Lipinski definition) is 7. The van der Waals surface area contributed by atoms with E-state index >= 15 is 8.78 Å². The lowest BCUT2D eigenvalue weighted by atomic mass is 9.84. The molecule has 3 aliphatic rings. The SMILES string of the molecule is CC(C)(C)OC(=O)N(COCC[Si](C)(C)C)C1=N[C@](CF)(c2cc(N)ccc2F)C2C[C@]2(/C=C/C(=O)N2CC(F)(F)C2)S1. The largest absolute Gasteiger partial charge is 0.443 e. The molecule has 0 radical (unpaired) electrons. The quantitative estimate of drug-likeness (QED) is 0.0883. The number of likely N-dealkylation sites (tertiary alicyclic amines) is 1. The first-order chi connectivity index (χ1) is 19.8. The number of carbonyl (C=O) groups excluding carboxylic acids is 2. The van der Waals surface area contributed by atoms with Gasteiger partial charge in [0.15, 0.2) is 5.17 Å².